The summed E-state index contributed by atoms with van der Waals surface area (Å²) < 4.78 is 16.2. The highest BCUT2D eigenvalue weighted by atomic mass is 16.6. The maximum absolute atomic E-state index is 12.6. The van der Waals surface area contributed by atoms with Gasteiger partial charge >= 0.3 is 5.97 Å². The van der Waals surface area contributed by atoms with E-state index in [2.05, 4.69) is 5.32 Å². The summed E-state index contributed by atoms with van der Waals surface area (Å²) in [4.78, 5) is 24.0. The maximum atomic E-state index is 12.6. The fraction of sp³-hybridized carbons (Fsp3) is 0.300. The molecule has 0 saturated heterocycles. The van der Waals surface area contributed by atoms with Crippen molar-refractivity contribution in [3.63, 3.8) is 0 Å². The van der Waals surface area contributed by atoms with Crippen LogP contribution in [-0.4, -0.2) is 37.3 Å². The number of benzene rings is 2. The highest BCUT2D eigenvalue weighted by Gasteiger charge is 2.44. The molecule has 4 rings (SSSR count). The lowest BCUT2D eigenvalue weighted by molar-refractivity contribution is -0.117. The van der Waals surface area contributed by atoms with Gasteiger partial charge in [-0.3, -0.25) is 4.79 Å². The molecule has 27 heavy (non-hydrogen) atoms. The van der Waals surface area contributed by atoms with Crippen molar-refractivity contribution in [3.8, 4) is 17.2 Å². The van der Waals surface area contributed by atoms with Gasteiger partial charge in [-0.2, -0.15) is 0 Å². The number of aromatic carboxylic acids is 1. The van der Waals surface area contributed by atoms with Crippen molar-refractivity contribution in [2.75, 3.05) is 25.6 Å². The van der Waals surface area contributed by atoms with Crippen molar-refractivity contribution in [1.82, 2.24) is 0 Å². The van der Waals surface area contributed by atoms with Crippen molar-refractivity contribution in [2.24, 2.45) is 5.92 Å². The Bertz CT molecular complexity index is 909. The quantitative estimate of drug-likeness (QED) is 0.842. The van der Waals surface area contributed by atoms with Gasteiger partial charge in [-0.05, 0) is 48.2 Å². The van der Waals surface area contributed by atoms with Gasteiger partial charge in [0.1, 0.15) is 19.0 Å². The van der Waals surface area contributed by atoms with Crippen molar-refractivity contribution in [1.29, 1.82) is 0 Å². The van der Waals surface area contributed by atoms with E-state index in [1.807, 2.05) is 18.2 Å². The van der Waals surface area contributed by atoms with Gasteiger partial charge in [-0.25, -0.2) is 4.79 Å². The molecule has 2 aromatic carbocycles. The van der Waals surface area contributed by atoms with Crippen LogP contribution in [0, 0.1) is 5.92 Å². The lowest BCUT2D eigenvalue weighted by Gasteiger charge is -2.18. The van der Waals surface area contributed by atoms with Gasteiger partial charge in [0.25, 0.3) is 0 Å². The third-order valence-electron chi connectivity index (χ3n) is 4.84. The first kappa shape index (κ1) is 17.2. The fourth-order valence-corrected chi connectivity index (χ4v) is 3.31. The fourth-order valence-electron chi connectivity index (χ4n) is 3.31. The van der Waals surface area contributed by atoms with E-state index < -0.39 is 5.97 Å². The highest BCUT2D eigenvalue weighted by Crippen LogP contribution is 2.49. The van der Waals surface area contributed by atoms with Gasteiger partial charge in [-0.15, -0.1) is 0 Å². The summed E-state index contributed by atoms with van der Waals surface area (Å²) >= 11 is 0. The molecule has 0 bridgehead atoms. The average molecular weight is 369 g/mol. The van der Waals surface area contributed by atoms with Crippen molar-refractivity contribution in [2.45, 2.75) is 12.3 Å². The third-order valence-corrected chi connectivity index (χ3v) is 4.84. The number of anilines is 1. The zero-order chi connectivity index (χ0) is 19.0. The number of methoxy groups -OCH3 is 1. The van der Waals surface area contributed by atoms with E-state index in [1.54, 1.807) is 12.1 Å². The second-order valence-corrected chi connectivity index (χ2v) is 6.56. The Labute approximate surface area is 155 Å². The molecular weight excluding hydrogens is 350 g/mol. The molecule has 1 saturated carbocycles. The van der Waals surface area contributed by atoms with E-state index in [4.69, 9.17) is 14.2 Å². The molecule has 0 spiro atoms. The largest absolute Gasteiger partial charge is 0.497 e. The van der Waals surface area contributed by atoms with Crippen molar-refractivity contribution >= 4 is 17.6 Å². The number of carboxylic acid groups (broad SMARTS) is 1. The number of ether oxygens (including phenoxy) is 3. The van der Waals surface area contributed by atoms with Crippen LogP contribution in [0.3, 0.4) is 0 Å². The second kappa shape index (κ2) is 6.83. The monoisotopic (exact) mass is 369 g/mol. The van der Waals surface area contributed by atoms with Crippen LogP contribution in [0.25, 0.3) is 0 Å². The summed E-state index contributed by atoms with van der Waals surface area (Å²) in [6.07, 6.45) is 0.712. The van der Waals surface area contributed by atoms with E-state index in [9.17, 15) is 14.7 Å². The normalized spacial score (nSPS) is 19.9. The first-order valence-electron chi connectivity index (χ1n) is 8.68. The Kier molecular flexibility index (Phi) is 4.35. The molecule has 2 N–H and O–H groups in total. The molecule has 140 valence electrons. The van der Waals surface area contributed by atoms with Crippen molar-refractivity contribution < 1.29 is 28.9 Å². The zero-order valence-corrected chi connectivity index (χ0v) is 14.7. The van der Waals surface area contributed by atoms with Crippen LogP contribution >= 0.6 is 0 Å². The molecule has 1 aliphatic carbocycles. The van der Waals surface area contributed by atoms with Gasteiger partial charge in [0.05, 0.1) is 18.4 Å². The maximum Gasteiger partial charge on any atom is 0.337 e. The van der Waals surface area contributed by atoms with E-state index in [1.165, 1.54) is 13.2 Å². The lowest BCUT2D eigenvalue weighted by Crippen LogP contribution is -2.17. The number of hydrogen-bond donors (Lipinski definition) is 2. The summed E-state index contributed by atoms with van der Waals surface area (Å²) in [5, 5.41) is 12.1. The Morgan fingerprint density at radius 2 is 1.89 bits per heavy atom. The van der Waals surface area contributed by atoms with Gasteiger partial charge in [0, 0.05) is 5.92 Å². The van der Waals surface area contributed by atoms with Crippen molar-refractivity contribution in [3.05, 3.63) is 47.5 Å². The molecule has 2 atom stereocenters. The molecule has 1 aliphatic heterocycles. The topological polar surface area (TPSA) is 94.1 Å². The van der Waals surface area contributed by atoms with Crippen LogP contribution in [0.1, 0.15) is 28.3 Å². The Balaban J connectivity index is 1.47. The summed E-state index contributed by atoms with van der Waals surface area (Å²) in [6, 6.07) is 10.3. The molecular formula is C20H19NO6. The van der Waals surface area contributed by atoms with E-state index in [0.29, 0.717) is 31.1 Å². The third kappa shape index (κ3) is 3.40. The van der Waals surface area contributed by atoms with E-state index in [0.717, 1.165) is 11.3 Å². The van der Waals surface area contributed by atoms with Gasteiger partial charge < -0.3 is 24.6 Å². The summed E-state index contributed by atoms with van der Waals surface area (Å²) in [7, 11) is 1.46. The first-order chi connectivity index (χ1) is 13.1. The first-order valence-corrected chi connectivity index (χ1v) is 8.68. The lowest BCUT2D eigenvalue weighted by atomic mass is 10.1. The SMILES string of the molecule is COc1ccc(NC(=O)C2CC2c2ccc3c(c2)OCCO3)c(C(=O)O)c1. The Morgan fingerprint density at radius 1 is 1.11 bits per heavy atom. The standard InChI is InChI=1S/C20H19NO6/c1-25-12-3-4-16(15(9-12)20(23)24)21-19(22)14-10-13(14)11-2-5-17-18(8-11)27-7-6-26-17/h2-5,8-9,13-14H,6-7,10H2,1H3,(H,21,22)(H,23,24). The summed E-state index contributed by atoms with van der Waals surface area (Å²) in [6.45, 7) is 1.05. The molecule has 2 aromatic rings. The van der Waals surface area contributed by atoms with Crippen LogP contribution in [0.2, 0.25) is 0 Å². The molecule has 1 heterocycles. The number of nitrogens with one attached hydrogen (secondary N) is 1. The van der Waals surface area contributed by atoms with Crippen LogP contribution in [0.5, 0.6) is 17.2 Å². The molecule has 7 nitrogen and oxygen atoms in total. The number of rotatable bonds is 5. The Morgan fingerprint density at radius 3 is 2.63 bits per heavy atom. The number of hydrogen-bond acceptors (Lipinski definition) is 5. The van der Waals surface area contributed by atoms with Crippen LogP contribution in [0.15, 0.2) is 36.4 Å². The number of amides is 1. The predicted molar refractivity (Wildman–Crippen MR) is 96.9 cm³/mol. The Hall–Kier alpha value is -3.22. The number of fused-ring (bicyclic) bond motifs is 1. The van der Waals surface area contributed by atoms with Gasteiger partial charge in [0.2, 0.25) is 5.91 Å². The molecule has 0 aromatic heterocycles. The molecule has 1 fully saturated rings. The molecule has 0 radical (unpaired) electrons. The molecule has 2 aliphatic rings. The van der Waals surface area contributed by atoms with Gasteiger partial charge in [-0.1, -0.05) is 6.07 Å². The smallest absolute Gasteiger partial charge is 0.337 e. The average Bonchev–Trinajstić information content (AvgIpc) is 3.48. The predicted octanol–water partition coefficient (Wildman–Crippen LogP) is 2.91. The zero-order valence-electron chi connectivity index (χ0n) is 14.7. The van der Waals surface area contributed by atoms with E-state index in [-0.39, 0.29) is 29.0 Å². The molecule has 7 heteroatoms. The van der Waals surface area contributed by atoms with Gasteiger partial charge in [0.15, 0.2) is 11.5 Å². The molecule has 1 amide bonds. The minimum Gasteiger partial charge on any atom is -0.497 e. The van der Waals surface area contributed by atoms with Crippen LogP contribution in [-0.2, 0) is 4.79 Å². The van der Waals surface area contributed by atoms with Crippen LogP contribution < -0.4 is 19.5 Å². The highest BCUT2D eigenvalue weighted by molar-refractivity contribution is 6.02. The second-order valence-electron chi connectivity index (χ2n) is 6.56. The number of carbonyl (C=O) groups excluding carboxylic acids is 1. The minimum atomic E-state index is -1.12. The number of carbonyl (C=O) groups is 2. The van der Waals surface area contributed by atoms with E-state index >= 15 is 0 Å². The minimum absolute atomic E-state index is 0.000713. The number of carboxylic acids is 1. The van der Waals surface area contributed by atoms with Crippen LogP contribution in [0.4, 0.5) is 5.69 Å². The summed E-state index contributed by atoms with van der Waals surface area (Å²) in [5.41, 5.74) is 1.29. The summed E-state index contributed by atoms with van der Waals surface area (Å²) in [5.74, 6) is 0.421. The molecule has 2 unspecified atom stereocenters.